The van der Waals surface area contributed by atoms with Crippen molar-refractivity contribution in [1.29, 1.82) is 0 Å². The number of nitrogens with zero attached hydrogens (tertiary/aromatic N) is 2. The molecule has 0 bridgehead atoms. The molecule has 1 aliphatic heterocycles. The van der Waals surface area contributed by atoms with E-state index in [1.165, 1.54) is 11.3 Å². The van der Waals surface area contributed by atoms with E-state index < -0.39 is 0 Å². The number of H-pyrrole nitrogens is 1. The van der Waals surface area contributed by atoms with Crippen molar-refractivity contribution in [3.63, 3.8) is 0 Å². The van der Waals surface area contributed by atoms with Gasteiger partial charge in [0.05, 0.1) is 12.1 Å². The highest BCUT2D eigenvalue weighted by Gasteiger charge is 2.11. The normalized spacial score (nSPS) is 17.1. The average molecular weight is 301 g/mol. The molecule has 0 amide bonds. The Balaban J connectivity index is 0.00000133. The summed E-state index contributed by atoms with van der Waals surface area (Å²) >= 11 is 1.44. The lowest BCUT2D eigenvalue weighted by atomic mass is 10.3. The highest BCUT2D eigenvalue weighted by Crippen LogP contribution is 2.14. The molecule has 0 unspecified atom stereocenters. The fourth-order valence-electron chi connectivity index (χ4n) is 2.27. The summed E-state index contributed by atoms with van der Waals surface area (Å²) in [6, 6.07) is 1.91. The van der Waals surface area contributed by atoms with Gasteiger partial charge < -0.3 is 10.3 Å². The maximum Gasteiger partial charge on any atom is 0.268 e. The highest BCUT2D eigenvalue weighted by atomic mass is 35.5. The second kappa shape index (κ2) is 6.47. The average Bonchev–Trinajstić information content (AvgIpc) is 2.68. The Labute approximate surface area is 121 Å². The molecule has 2 N–H and O–H groups in total. The van der Waals surface area contributed by atoms with Gasteiger partial charge in [-0.2, -0.15) is 0 Å². The number of hydrogen-bond donors (Lipinski definition) is 2. The Kier molecular flexibility index (Phi) is 4.93. The van der Waals surface area contributed by atoms with Crippen LogP contribution in [-0.2, 0) is 6.54 Å². The molecule has 7 heteroatoms. The number of aromatic nitrogens is 2. The molecule has 1 fully saturated rings. The van der Waals surface area contributed by atoms with Crippen molar-refractivity contribution in [2.24, 2.45) is 0 Å². The standard InChI is InChI=1S/C12H16N4OS.ClH/c17-12-11-9(2-7-18-11)14-10(15-12)8-16-5-1-3-13-4-6-16;/h2,7,13H,1,3-6,8H2,(H,14,15,17);1H. The van der Waals surface area contributed by atoms with Crippen molar-refractivity contribution in [2.45, 2.75) is 13.0 Å². The van der Waals surface area contributed by atoms with Crippen LogP contribution in [-0.4, -0.2) is 41.0 Å². The van der Waals surface area contributed by atoms with E-state index in [0.29, 0.717) is 0 Å². The van der Waals surface area contributed by atoms with E-state index in [4.69, 9.17) is 0 Å². The van der Waals surface area contributed by atoms with Crippen molar-refractivity contribution in [2.75, 3.05) is 26.2 Å². The minimum atomic E-state index is -0.0158. The van der Waals surface area contributed by atoms with E-state index in [2.05, 4.69) is 20.2 Å². The molecule has 0 saturated carbocycles. The minimum absolute atomic E-state index is 0. The fraction of sp³-hybridized carbons (Fsp3) is 0.500. The van der Waals surface area contributed by atoms with Crippen LogP contribution in [0.5, 0.6) is 0 Å². The van der Waals surface area contributed by atoms with Crippen LogP contribution in [0.3, 0.4) is 0 Å². The lowest BCUT2D eigenvalue weighted by Gasteiger charge is -2.18. The number of hydrogen-bond acceptors (Lipinski definition) is 5. The van der Waals surface area contributed by atoms with Gasteiger partial charge in [-0.1, -0.05) is 0 Å². The quantitative estimate of drug-likeness (QED) is 0.875. The molecule has 104 valence electrons. The third kappa shape index (κ3) is 3.33. The zero-order valence-corrected chi connectivity index (χ0v) is 12.1. The van der Waals surface area contributed by atoms with Gasteiger partial charge in [-0.3, -0.25) is 9.69 Å². The molecule has 0 spiro atoms. The summed E-state index contributed by atoms with van der Waals surface area (Å²) in [6.45, 7) is 4.86. The van der Waals surface area contributed by atoms with Gasteiger partial charge >= 0.3 is 0 Å². The number of nitrogens with one attached hydrogen (secondary N) is 2. The van der Waals surface area contributed by atoms with Gasteiger partial charge in [0.2, 0.25) is 0 Å². The second-order valence-electron chi connectivity index (χ2n) is 4.53. The van der Waals surface area contributed by atoms with Crippen LogP contribution in [0.25, 0.3) is 10.2 Å². The van der Waals surface area contributed by atoms with Gasteiger partial charge in [0.1, 0.15) is 10.5 Å². The summed E-state index contributed by atoms with van der Waals surface area (Å²) in [5.41, 5.74) is 0.796. The largest absolute Gasteiger partial charge is 0.315 e. The predicted molar refractivity (Wildman–Crippen MR) is 80.3 cm³/mol. The van der Waals surface area contributed by atoms with Gasteiger partial charge in [0, 0.05) is 13.1 Å². The van der Waals surface area contributed by atoms with E-state index in [9.17, 15) is 4.79 Å². The SMILES string of the molecule is Cl.O=c1[nH]c(CN2CCCNCC2)nc2ccsc12. The monoisotopic (exact) mass is 300 g/mol. The molecule has 2 aromatic rings. The maximum absolute atomic E-state index is 11.9. The van der Waals surface area contributed by atoms with Gasteiger partial charge in [0.25, 0.3) is 5.56 Å². The molecule has 1 saturated heterocycles. The topological polar surface area (TPSA) is 61.0 Å². The Bertz CT molecular complexity index is 589. The number of halogens is 1. The smallest absolute Gasteiger partial charge is 0.268 e. The molecule has 19 heavy (non-hydrogen) atoms. The maximum atomic E-state index is 11.9. The summed E-state index contributed by atoms with van der Waals surface area (Å²) in [4.78, 5) is 21.6. The molecule has 3 heterocycles. The molecule has 0 radical (unpaired) electrons. The predicted octanol–water partition coefficient (Wildman–Crippen LogP) is 1.20. The zero-order chi connectivity index (χ0) is 12.4. The summed E-state index contributed by atoms with van der Waals surface area (Å²) in [5.74, 6) is 0.771. The summed E-state index contributed by atoms with van der Waals surface area (Å²) in [5, 5.41) is 5.28. The van der Waals surface area contributed by atoms with E-state index >= 15 is 0 Å². The van der Waals surface area contributed by atoms with Gasteiger partial charge in [-0.15, -0.1) is 23.7 Å². The summed E-state index contributed by atoms with van der Waals surface area (Å²) in [7, 11) is 0. The fourth-order valence-corrected chi connectivity index (χ4v) is 2.99. The second-order valence-corrected chi connectivity index (χ2v) is 5.44. The lowest BCUT2D eigenvalue weighted by Crippen LogP contribution is -2.29. The van der Waals surface area contributed by atoms with Crippen LogP contribution in [0.4, 0.5) is 0 Å². The van der Waals surface area contributed by atoms with Gasteiger partial charge in [-0.25, -0.2) is 4.98 Å². The van der Waals surface area contributed by atoms with Crippen LogP contribution in [0.2, 0.25) is 0 Å². The highest BCUT2D eigenvalue weighted by molar-refractivity contribution is 7.17. The lowest BCUT2D eigenvalue weighted by molar-refractivity contribution is 0.277. The van der Waals surface area contributed by atoms with Crippen LogP contribution in [0.15, 0.2) is 16.2 Å². The molecule has 5 nitrogen and oxygen atoms in total. The molecule has 0 aliphatic carbocycles. The summed E-state index contributed by atoms with van der Waals surface area (Å²) in [6.07, 6.45) is 1.14. The zero-order valence-electron chi connectivity index (χ0n) is 10.5. The van der Waals surface area contributed by atoms with Crippen LogP contribution < -0.4 is 10.9 Å². The van der Waals surface area contributed by atoms with Crippen LogP contribution in [0.1, 0.15) is 12.2 Å². The van der Waals surface area contributed by atoms with E-state index in [-0.39, 0.29) is 18.0 Å². The molecule has 2 aromatic heterocycles. The van der Waals surface area contributed by atoms with Crippen molar-refractivity contribution in [3.8, 4) is 0 Å². The molecular formula is C12H17ClN4OS. The molecular weight excluding hydrogens is 284 g/mol. The Morgan fingerprint density at radius 1 is 1.37 bits per heavy atom. The first-order valence-corrected chi connectivity index (χ1v) is 7.10. The Morgan fingerprint density at radius 3 is 3.16 bits per heavy atom. The molecule has 1 aliphatic rings. The Hall–Kier alpha value is -0.950. The molecule has 3 rings (SSSR count). The number of aromatic amines is 1. The van der Waals surface area contributed by atoms with E-state index in [1.807, 2.05) is 11.4 Å². The van der Waals surface area contributed by atoms with Crippen molar-refractivity contribution in [1.82, 2.24) is 20.2 Å². The molecule has 0 atom stereocenters. The van der Waals surface area contributed by atoms with E-state index in [0.717, 1.165) is 55.2 Å². The van der Waals surface area contributed by atoms with Crippen molar-refractivity contribution >= 4 is 34.0 Å². The first kappa shape index (κ1) is 14.5. The van der Waals surface area contributed by atoms with Gasteiger partial charge in [0.15, 0.2) is 0 Å². The molecule has 0 aromatic carbocycles. The number of rotatable bonds is 2. The third-order valence-corrected chi connectivity index (χ3v) is 4.07. The Morgan fingerprint density at radius 2 is 2.26 bits per heavy atom. The third-order valence-electron chi connectivity index (χ3n) is 3.17. The van der Waals surface area contributed by atoms with Gasteiger partial charge in [-0.05, 0) is 31.0 Å². The van der Waals surface area contributed by atoms with Crippen LogP contribution in [0, 0.1) is 0 Å². The minimum Gasteiger partial charge on any atom is -0.315 e. The van der Waals surface area contributed by atoms with Crippen molar-refractivity contribution in [3.05, 3.63) is 27.6 Å². The number of thiophene rings is 1. The summed E-state index contributed by atoms with van der Waals surface area (Å²) < 4.78 is 0.719. The van der Waals surface area contributed by atoms with Crippen LogP contribution >= 0.6 is 23.7 Å². The van der Waals surface area contributed by atoms with E-state index in [1.54, 1.807) is 0 Å². The first-order chi connectivity index (χ1) is 8.83. The number of fused-ring (bicyclic) bond motifs is 1. The van der Waals surface area contributed by atoms with Crippen molar-refractivity contribution < 1.29 is 0 Å². The first-order valence-electron chi connectivity index (χ1n) is 6.22.